The van der Waals surface area contributed by atoms with Gasteiger partial charge in [-0.15, -0.1) is 0 Å². The molecule has 0 bridgehead atoms. The van der Waals surface area contributed by atoms with Crippen LogP contribution in [0.5, 0.6) is 11.5 Å². The summed E-state index contributed by atoms with van der Waals surface area (Å²) >= 11 is 2.19. The monoisotopic (exact) mass is 672 g/mol. The Morgan fingerprint density at radius 1 is 1.13 bits per heavy atom. The second-order valence-corrected chi connectivity index (χ2v) is 17.1. The van der Waals surface area contributed by atoms with Gasteiger partial charge in [0, 0.05) is 23.5 Å². The molecule has 0 aliphatic heterocycles. The van der Waals surface area contributed by atoms with Crippen LogP contribution in [0.3, 0.4) is 0 Å². The van der Waals surface area contributed by atoms with Crippen LogP contribution in [0.4, 0.5) is 0 Å². The molecule has 0 aliphatic rings. The maximum absolute atomic E-state index is 13.1. The van der Waals surface area contributed by atoms with Crippen LogP contribution in [0.1, 0.15) is 53.5 Å². The van der Waals surface area contributed by atoms with E-state index in [1.165, 1.54) is 0 Å². The lowest BCUT2D eigenvalue weighted by atomic mass is 9.90. The number of benzene rings is 1. The Balaban J connectivity index is 2.80. The Labute approximate surface area is 251 Å². The number of aliphatic hydroxyl groups excluding tert-OH is 1. The average Bonchev–Trinajstić information content (AvgIpc) is 2.86. The molecule has 0 radical (unpaired) electrons. The number of carbonyl (C=O) groups is 1. The van der Waals surface area contributed by atoms with E-state index >= 15 is 0 Å². The number of hydrogen-bond donors (Lipinski definition) is 1. The van der Waals surface area contributed by atoms with Gasteiger partial charge in [0.15, 0.2) is 8.32 Å². The summed E-state index contributed by atoms with van der Waals surface area (Å²) < 4.78 is 25.1. The molecule has 1 aromatic carbocycles. The van der Waals surface area contributed by atoms with Crippen LogP contribution in [0.25, 0.3) is 0 Å². The highest BCUT2D eigenvalue weighted by atomic mass is 127. The molecule has 6 nitrogen and oxygen atoms in total. The van der Waals surface area contributed by atoms with Crippen LogP contribution in [-0.2, 0) is 20.6 Å². The molecule has 1 aromatic rings. The summed E-state index contributed by atoms with van der Waals surface area (Å²) in [6, 6.07) is 5.54. The summed E-state index contributed by atoms with van der Waals surface area (Å²) in [7, 11) is 1.22. The first kappa shape index (κ1) is 35.6. The van der Waals surface area contributed by atoms with Crippen LogP contribution in [-0.4, -0.2) is 52.2 Å². The van der Waals surface area contributed by atoms with Crippen molar-refractivity contribution in [3.05, 3.63) is 57.7 Å². The number of ether oxygens (including phenoxy) is 3. The van der Waals surface area contributed by atoms with Gasteiger partial charge in [0.2, 0.25) is 0 Å². The number of ketones is 1. The number of hydrogen-bond acceptors (Lipinski definition) is 6. The molecule has 0 aliphatic carbocycles. The lowest BCUT2D eigenvalue weighted by Gasteiger charge is -2.38. The molecule has 1 N–H and O–H groups in total. The van der Waals surface area contributed by atoms with E-state index in [1.807, 2.05) is 42.2 Å². The maximum atomic E-state index is 13.1. The smallest absolute Gasteiger partial charge is 0.192 e. The van der Waals surface area contributed by atoms with Gasteiger partial charge < -0.3 is 23.7 Å². The standard InChI is InChI=1S/C31H49IO6Si/c1-22(17-27(13-11-12-16-32)38-39(9,10)31(4,5)6)18-28(33)24(3)30(34)23(2)20-37-21-25-14-15-26(35-7)19-29(25)36-8/h11-16,18-19,23-24,27-28,33H,17,20-21H2,1-10H3/b13-11+,16-12+,22-18+/t23-,24-,27+,28-/m1/s1. The molecule has 0 heterocycles. The van der Waals surface area contributed by atoms with Crippen molar-refractivity contribution in [1.29, 1.82) is 0 Å². The van der Waals surface area contributed by atoms with Crippen LogP contribution in [0, 0.1) is 11.8 Å². The van der Waals surface area contributed by atoms with Crippen molar-refractivity contribution >= 4 is 36.7 Å². The zero-order chi connectivity index (χ0) is 29.8. The van der Waals surface area contributed by atoms with E-state index in [9.17, 15) is 9.90 Å². The van der Waals surface area contributed by atoms with Crippen molar-refractivity contribution in [1.82, 2.24) is 0 Å². The number of Topliss-reactive ketones (excluding diaryl/α,β-unsaturated/α-hetero) is 1. The fraction of sp³-hybridized carbons (Fsp3) is 0.581. The van der Waals surface area contributed by atoms with Crippen molar-refractivity contribution in [3.8, 4) is 11.5 Å². The van der Waals surface area contributed by atoms with Gasteiger partial charge in [-0.1, -0.05) is 87.1 Å². The summed E-state index contributed by atoms with van der Waals surface area (Å²) in [5.74, 6) is 0.441. The lowest BCUT2D eigenvalue weighted by molar-refractivity contribution is -0.130. The minimum atomic E-state index is -1.99. The van der Waals surface area contributed by atoms with E-state index in [1.54, 1.807) is 33.3 Å². The van der Waals surface area contributed by atoms with Gasteiger partial charge in [-0.3, -0.25) is 4.79 Å². The highest BCUT2D eigenvalue weighted by molar-refractivity contribution is 14.1. The van der Waals surface area contributed by atoms with Gasteiger partial charge in [-0.2, -0.15) is 0 Å². The third-order valence-electron chi connectivity index (χ3n) is 7.31. The fourth-order valence-corrected chi connectivity index (χ4v) is 5.28. The van der Waals surface area contributed by atoms with Crippen molar-refractivity contribution in [3.63, 3.8) is 0 Å². The van der Waals surface area contributed by atoms with E-state index in [0.29, 0.717) is 24.5 Å². The second-order valence-electron chi connectivity index (χ2n) is 11.6. The predicted octanol–water partition coefficient (Wildman–Crippen LogP) is 7.65. The molecule has 0 spiro atoms. The molecule has 0 amide bonds. The molecule has 0 fully saturated rings. The number of allylic oxidation sites excluding steroid dienone is 2. The van der Waals surface area contributed by atoms with E-state index < -0.39 is 20.3 Å². The van der Waals surface area contributed by atoms with Crippen LogP contribution in [0.2, 0.25) is 18.1 Å². The zero-order valence-electron chi connectivity index (χ0n) is 25.4. The summed E-state index contributed by atoms with van der Waals surface area (Å²) in [5.41, 5.74) is 1.87. The van der Waals surface area contributed by atoms with Crippen LogP contribution < -0.4 is 9.47 Å². The van der Waals surface area contributed by atoms with Crippen molar-refractivity contribution in [2.45, 2.75) is 84.9 Å². The highest BCUT2D eigenvalue weighted by Crippen LogP contribution is 2.38. The van der Waals surface area contributed by atoms with E-state index in [4.69, 9.17) is 18.6 Å². The van der Waals surface area contributed by atoms with E-state index in [0.717, 1.165) is 11.1 Å². The normalized spacial score (nSPS) is 16.4. The Bertz CT molecular complexity index is 995. The van der Waals surface area contributed by atoms with E-state index in [2.05, 4.69) is 62.5 Å². The zero-order valence-corrected chi connectivity index (χ0v) is 28.6. The average molecular weight is 673 g/mol. The number of halogens is 1. The summed E-state index contributed by atoms with van der Waals surface area (Å²) in [6.45, 7) is 17.3. The van der Waals surface area contributed by atoms with E-state index in [-0.39, 0.29) is 29.5 Å². The highest BCUT2D eigenvalue weighted by Gasteiger charge is 2.38. The van der Waals surface area contributed by atoms with Gasteiger partial charge in [-0.25, -0.2) is 0 Å². The van der Waals surface area contributed by atoms with Gasteiger partial charge >= 0.3 is 0 Å². The molecule has 4 atom stereocenters. The quantitative estimate of drug-likeness (QED) is 0.0842. The number of aliphatic hydroxyl groups is 1. The third kappa shape index (κ3) is 11.9. The van der Waals surface area contributed by atoms with Crippen LogP contribution in [0.15, 0.2) is 52.2 Å². The molecule has 0 saturated heterocycles. The third-order valence-corrected chi connectivity index (χ3v) is 12.2. The number of carbonyl (C=O) groups excluding carboxylic acids is 1. The van der Waals surface area contributed by atoms with Gasteiger partial charge in [0.05, 0.1) is 39.6 Å². The number of methoxy groups -OCH3 is 2. The molecule has 1 rings (SSSR count). The maximum Gasteiger partial charge on any atom is 0.192 e. The molecule has 0 saturated carbocycles. The van der Waals surface area contributed by atoms with Gasteiger partial charge in [-0.05, 0) is 47.7 Å². The SMILES string of the molecule is COc1ccc(COC[C@@H](C)C(=O)[C@H](C)[C@H](O)/C=C(\C)C[C@H](/C=C/C=C/I)O[Si](C)(C)C(C)(C)C)c(OC)c1. The molecule has 0 unspecified atom stereocenters. The minimum absolute atomic E-state index is 0.0330. The first-order chi connectivity index (χ1) is 18.2. The Morgan fingerprint density at radius 2 is 1.79 bits per heavy atom. The lowest BCUT2D eigenvalue weighted by Crippen LogP contribution is -2.43. The molecule has 8 heteroatoms. The Morgan fingerprint density at radius 3 is 2.36 bits per heavy atom. The molecular formula is C31H49IO6Si. The summed E-state index contributed by atoms with van der Waals surface area (Å²) in [5, 5.41) is 11.0. The first-order valence-electron chi connectivity index (χ1n) is 13.5. The van der Waals surface area contributed by atoms with Gasteiger partial charge in [0.1, 0.15) is 17.3 Å². The predicted molar refractivity (Wildman–Crippen MR) is 171 cm³/mol. The topological polar surface area (TPSA) is 74.2 Å². The Kier molecular flexibility index (Phi) is 15.2. The molecule has 39 heavy (non-hydrogen) atoms. The molecular weight excluding hydrogens is 623 g/mol. The first-order valence-corrected chi connectivity index (χ1v) is 17.6. The molecule has 0 aromatic heterocycles. The summed E-state index contributed by atoms with van der Waals surface area (Å²) in [6.07, 6.45) is 7.52. The van der Waals surface area contributed by atoms with Crippen molar-refractivity contribution in [2.75, 3.05) is 20.8 Å². The van der Waals surface area contributed by atoms with Crippen molar-refractivity contribution < 1.29 is 28.5 Å². The van der Waals surface area contributed by atoms with Gasteiger partial charge in [0.25, 0.3) is 0 Å². The number of rotatable bonds is 16. The fourth-order valence-electron chi connectivity index (χ4n) is 3.77. The minimum Gasteiger partial charge on any atom is -0.497 e. The summed E-state index contributed by atoms with van der Waals surface area (Å²) in [4.78, 5) is 13.1. The van der Waals surface area contributed by atoms with Crippen LogP contribution >= 0.6 is 22.6 Å². The van der Waals surface area contributed by atoms with Crippen molar-refractivity contribution in [2.24, 2.45) is 11.8 Å². The largest absolute Gasteiger partial charge is 0.497 e. The Hall–Kier alpha value is -1.46. The molecule has 220 valence electrons. The second kappa shape index (κ2) is 16.7.